The first kappa shape index (κ1) is 14.7. The largest absolute Gasteiger partial charge is 0.456 e. The summed E-state index contributed by atoms with van der Waals surface area (Å²) in [5.41, 5.74) is 1.63. The van der Waals surface area contributed by atoms with Crippen LogP contribution in [0.2, 0.25) is 0 Å². The summed E-state index contributed by atoms with van der Waals surface area (Å²) in [5, 5.41) is 3.05. The van der Waals surface area contributed by atoms with Crippen LogP contribution in [-0.4, -0.2) is 12.6 Å². The maximum atomic E-state index is 13.3. The number of allylic oxidation sites excluding steroid dienone is 2. The Hall–Kier alpha value is -2.24. The fourth-order valence-electron chi connectivity index (χ4n) is 2.97. The van der Waals surface area contributed by atoms with Crippen LogP contribution in [0.1, 0.15) is 30.9 Å². The minimum atomic E-state index is -4.47. The summed E-state index contributed by atoms with van der Waals surface area (Å²) >= 11 is 0. The molecule has 0 saturated heterocycles. The predicted molar refractivity (Wildman–Crippen MR) is 73.7 cm³/mol. The molecule has 2 heterocycles. The SMILES string of the molecule is CC1=C(C)C(c2ccccc2C(F)(F)F)C2=C(COC2=O)N1. The van der Waals surface area contributed by atoms with E-state index in [2.05, 4.69) is 5.32 Å². The number of alkyl halides is 3. The highest BCUT2D eigenvalue weighted by Gasteiger charge is 2.42. The third-order valence-corrected chi connectivity index (χ3v) is 4.12. The summed E-state index contributed by atoms with van der Waals surface area (Å²) < 4.78 is 44.9. The van der Waals surface area contributed by atoms with Crippen molar-refractivity contribution in [3.63, 3.8) is 0 Å². The fraction of sp³-hybridized carbons (Fsp3) is 0.312. The van der Waals surface area contributed by atoms with E-state index in [1.807, 2.05) is 0 Å². The summed E-state index contributed by atoms with van der Waals surface area (Å²) in [6.45, 7) is 3.59. The molecule has 0 bridgehead atoms. The van der Waals surface area contributed by atoms with Gasteiger partial charge in [0.2, 0.25) is 0 Å². The minimum Gasteiger partial charge on any atom is -0.456 e. The van der Waals surface area contributed by atoms with Gasteiger partial charge in [-0.1, -0.05) is 18.2 Å². The number of hydrogen-bond acceptors (Lipinski definition) is 3. The molecule has 1 aromatic carbocycles. The lowest BCUT2D eigenvalue weighted by atomic mass is 9.79. The number of rotatable bonds is 1. The molecular weight excluding hydrogens is 295 g/mol. The number of hydrogen-bond donors (Lipinski definition) is 1. The molecule has 0 amide bonds. The lowest BCUT2D eigenvalue weighted by Gasteiger charge is -2.28. The number of dihydropyridines is 1. The molecule has 0 spiro atoms. The van der Waals surface area contributed by atoms with E-state index in [1.54, 1.807) is 19.9 Å². The lowest BCUT2D eigenvalue weighted by molar-refractivity contribution is -0.139. The van der Waals surface area contributed by atoms with Crippen molar-refractivity contribution in [2.45, 2.75) is 25.9 Å². The molecule has 3 nitrogen and oxygen atoms in total. The van der Waals surface area contributed by atoms with Crippen LogP contribution < -0.4 is 5.32 Å². The predicted octanol–water partition coefficient (Wildman–Crippen LogP) is 3.50. The van der Waals surface area contributed by atoms with Crippen LogP contribution in [0.25, 0.3) is 0 Å². The van der Waals surface area contributed by atoms with Gasteiger partial charge in [0.15, 0.2) is 0 Å². The first-order chi connectivity index (χ1) is 10.3. The minimum absolute atomic E-state index is 0.0729. The Bertz CT molecular complexity index is 716. The highest BCUT2D eigenvalue weighted by atomic mass is 19.4. The second kappa shape index (κ2) is 4.90. The van der Waals surface area contributed by atoms with Crippen molar-refractivity contribution in [2.75, 3.05) is 6.61 Å². The topological polar surface area (TPSA) is 38.3 Å². The third-order valence-electron chi connectivity index (χ3n) is 4.12. The maximum absolute atomic E-state index is 13.3. The third kappa shape index (κ3) is 2.19. The normalized spacial score (nSPS) is 21.7. The van der Waals surface area contributed by atoms with E-state index in [1.165, 1.54) is 12.1 Å². The molecule has 1 aromatic rings. The summed E-state index contributed by atoms with van der Waals surface area (Å²) in [5.74, 6) is -1.29. The molecule has 1 atom stereocenters. The second-order valence-corrected chi connectivity index (χ2v) is 5.42. The van der Waals surface area contributed by atoms with Gasteiger partial charge in [0.1, 0.15) is 6.61 Å². The second-order valence-electron chi connectivity index (χ2n) is 5.42. The number of esters is 1. The Morgan fingerprint density at radius 2 is 1.91 bits per heavy atom. The van der Waals surface area contributed by atoms with Gasteiger partial charge in [0.25, 0.3) is 0 Å². The van der Waals surface area contributed by atoms with Crippen LogP contribution in [0, 0.1) is 0 Å². The number of carbonyl (C=O) groups is 1. The van der Waals surface area contributed by atoms with Gasteiger partial charge in [-0.25, -0.2) is 4.79 Å². The Labute approximate surface area is 125 Å². The molecule has 0 aromatic heterocycles. The van der Waals surface area contributed by atoms with Crippen molar-refractivity contribution in [1.82, 2.24) is 5.32 Å². The summed E-state index contributed by atoms with van der Waals surface area (Å²) in [6.07, 6.45) is -4.47. The highest BCUT2D eigenvalue weighted by Crippen LogP contribution is 2.44. The van der Waals surface area contributed by atoms with Gasteiger partial charge < -0.3 is 10.1 Å². The molecule has 0 fully saturated rings. The Morgan fingerprint density at radius 1 is 1.23 bits per heavy atom. The van der Waals surface area contributed by atoms with Gasteiger partial charge in [-0.05, 0) is 31.1 Å². The molecule has 2 aliphatic heterocycles. The maximum Gasteiger partial charge on any atom is 0.416 e. The highest BCUT2D eigenvalue weighted by molar-refractivity contribution is 5.95. The zero-order valence-corrected chi connectivity index (χ0v) is 12.0. The number of halogens is 3. The van der Waals surface area contributed by atoms with E-state index in [0.717, 1.165) is 11.8 Å². The van der Waals surface area contributed by atoms with Gasteiger partial charge in [-0.15, -0.1) is 0 Å². The van der Waals surface area contributed by atoms with Gasteiger partial charge in [-0.2, -0.15) is 13.2 Å². The van der Waals surface area contributed by atoms with E-state index >= 15 is 0 Å². The summed E-state index contributed by atoms with van der Waals surface area (Å²) in [6, 6.07) is 5.36. The quantitative estimate of drug-likeness (QED) is 0.807. The molecule has 1 N–H and O–H groups in total. The van der Waals surface area contributed by atoms with Crippen LogP contribution in [0.4, 0.5) is 13.2 Å². The van der Waals surface area contributed by atoms with Crippen molar-refractivity contribution >= 4 is 5.97 Å². The van der Waals surface area contributed by atoms with Crippen LogP contribution >= 0.6 is 0 Å². The standard InChI is InChI=1S/C16H14F3NO2/c1-8-9(2)20-12-7-22-15(21)14(12)13(8)10-5-3-4-6-11(10)16(17,18)19/h3-6,13,20H,7H2,1-2H3. The van der Waals surface area contributed by atoms with E-state index in [4.69, 9.17) is 4.74 Å². The van der Waals surface area contributed by atoms with Gasteiger partial charge in [0.05, 0.1) is 16.8 Å². The number of cyclic esters (lactones) is 1. The van der Waals surface area contributed by atoms with Gasteiger partial charge in [0, 0.05) is 11.6 Å². The molecule has 3 rings (SSSR count). The summed E-state index contributed by atoms with van der Waals surface area (Å²) in [4.78, 5) is 12.0. The fourth-order valence-corrected chi connectivity index (χ4v) is 2.97. The number of nitrogens with one attached hydrogen (secondary N) is 1. The van der Waals surface area contributed by atoms with Crippen molar-refractivity contribution in [3.8, 4) is 0 Å². The molecule has 0 saturated carbocycles. The van der Waals surface area contributed by atoms with E-state index in [9.17, 15) is 18.0 Å². The monoisotopic (exact) mass is 309 g/mol. The van der Waals surface area contributed by atoms with Crippen molar-refractivity contribution < 1.29 is 22.7 Å². The zero-order valence-electron chi connectivity index (χ0n) is 12.0. The molecule has 116 valence electrons. The van der Waals surface area contributed by atoms with Crippen LogP contribution in [-0.2, 0) is 15.7 Å². The molecule has 22 heavy (non-hydrogen) atoms. The Kier molecular flexibility index (Phi) is 3.27. The lowest BCUT2D eigenvalue weighted by Crippen LogP contribution is -2.26. The molecular formula is C16H14F3NO2. The molecule has 2 aliphatic rings. The van der Waals surface area contributed by atoms with Crippen molar-refractivity contribution in [1.29, 1.82) is 0 Å². The van der Waals surface area contributed by atoms with Crippen LogP contribution in [0.3, 0.4) is 0 Å². The van der Waals surface area contributed by atoms with Crippen LogP contribution in [0.5, 0.6) is 0 Å². The number of ether oxygens (including phenoxy) is 1. The van der Waals surface area contributed by atoms with Crippen LogP contribution in [0.15, 0.2) is 46.8 Å². The van der Waals surface area contributed by atoms with Crippen molar-refractivity contribution in [2.24, 2.45) is 0 Å². The first-order valence-corrected chi connectivity index (χ1v) is 6.81. The number of carbonyl (C=O) groups excluding carboxylic acids is 1. The van der Waals surface area contributed by atoms with E-state index in [0.29, 0.717) is 11.3 Å². The van der Waals surface area contributed by atoms with E-state index < -0.39 is 23.6 Å². The van der Waals surface area contributed by atoms with Gasteiger partial charge >= 0.3 is 12.1 Å². The molecule has 6 heteroatoms. The molecule has 0 radical (unpaired) electrons. The Balaban J connectivity index is 2.21. The molecule has 0 aliphatic carbocycles. The van der Waals surface area contributed by atoms with E-state index in [-0.39, 0.29) is 17.7 Å². The molecule has 1 unspecified atom stereocenters. The average molecular weight is 309 g/mol. The smallest absolute Gasteiger partial charge is 0.416 e. The Morgan fingerprint density at radius 3 is 2.59 bits per heavy atom. The van der Waals surface area contributed by atoms with Gasteiger partial charge in [-0.3, -0.25) is 0 Å². The first-order valence-electron chi connectivity index (χ1n) is 6.81. The summed E-state index contributed by atoms with van der Waals surface area (Å²) in [7, 11) is 0. The zero-order chi connectivity index (χ0) is 16.1. The average Bonchev–Trinajstić information content (AvgIpc) is 2.80. The van der Waals surface area contributed by atoms with Crippen molar-refractivity contribution in [3.05, 3.63) is 57.9 Å². The number of benzene rings is 1.